The summed E-state index contributed by atoms with van der Waals surface area (Å²) < 4.78 is 0. The van der Waals surface area contributed by atoms with Gasteiger partial charge in [0.1, 0.15) is 0 Å². The molecule has 0 atom stereocenters. The highest BCUT2D eigenvalue weighted by Gasteiger charge is 2.13. The highest BCUT2D eigenvalue weighted by atomic mass is 32.1. The molecule has 2 N–H and O–H groups in total. The molecule has 1 aromatic heterocycles. The number of nitrogens with one attached hydrogen (secondary N) is 2. The van der Waals surface area contributed by atoms with Crippen molar-refractivity contribution in [1.29, 1.82) is 0 Å². The Labute approximate surface area is 179 Å². The third-order valence-corrected chi connectivity index (χ3v) is 5.47. The fourth-order valence-electron chi connectivity index (χ4n) is 2.93. The lowest BCUT2D eigenvalue weighted by molar-refractivity contribution is -0.129. The van der Waals surface area contributed by atoms with Crippen molar-refractivity contribution in [2.24, 2.45) is 0 Å². The molecule has 0 bridgehead atoms. The van der Waals surface area contributed by atoms with E-state index in [9.17, 15) is 14.4 Å². The van der Waals surface area contributed by atoms with Gasteiger partial charge in [0.2, 0.25) is 5.91 Å². The van der Waals surface area contributed by atoms with E-state index in [-0.39, 0.29) is 17.7 Å². The Morgan fingerprint density at radius 3 is 2.27 bits per heavy atom. The normalized spacial score (nSPS) is 10.3. The zero-order chi connectivity index (χ0) is 21.5. The maximum atomic E-state index is 12.7. The third-order valence-electron chi connectivity index (χ3n) is 4.60. The van der Waals surface area contributed by atoms with Gasteiger partial charge in [-0.1, -0.05) is 24.3 Å². The van der Waals surface area contributed by atoms with Crippen LogP contribution in [-0.2, 0) is 11.3 Å². The molecule has 3 aromatic rings. The quantitative estimate of drug-likeness (QED) is 0.584. The van der Waals surface area contributed by atoms with E-state index >= 15 is 0 Å². The van der Waals surface area contributed by atoms with Crippen LogP contribution < -0.4 is 10.6 Å². The van der Waals surface area contributed by atoms with E-state index in [2.05, 4.69) is 10.6 Å². The summed E-state index contributed by atoms with van der Waals surface area (Å²) in [6.07, 6.45) is 0. The predicted molar refractivity (Wildman–Crippen MR) is 120 cm³/mol. The first-order valence-corrected chi connectivity index (χ1v) is 10.5. The van der Waals surface area contributed by atoms with Crippen molar-refractivity contribution < 1.29 is 14.4 Å². The highest BCUT2D eigenvalue weighted by Crippen LogP contribution is 2.20. The van der Waals surface area contributed by atoms with Gasteiger partial charge in [-0.25, -0.2) is 0 Å². The number of thiophene rings is 1. The highest BCUT2D eigenvalue weighted by molar-refractivity contribution is 7.12. The summed E-state index contributed by atoms with van der Waals surface area (Å²) in [6.45, 7) is 4.47. The Hall–Kier alpha value is -3.45. The molecule has 6 nitrogen and oxygen atoms in total. The van der Waals surface area contributed by atoms with Gasteiger partial charge in [0.25, 0.3) is 11.8 Å². The molecule has 0 fully saturated rings. The Balaban J connectivity index is 1.68. The number of anilines is 2. The second-order valence-electron chi connectivity index (χ2n) is 6.65. The van der Waals surface area contributed by atoms with Gasteiger partial charge >= 0.3 is 0 Å². The molecule has 154 valence electrons. The molecule has 30 heavy (non-hydrogen) atoms. The SMILES string of the molecule is CCN(Cc1ccccc1NC(=O)c1ccc(NC(=O)c2cccs2)cc1)C(C)=O. The van der Waals surface area contributed by atoms with Crippen LogP contribution in [0.15, 0.2) is 66.0 Å². The van der Waals surface area contributed by atoms with Gasteiger partial charge in [-0.15, -0.1) is 11.3 Å². The number of hydrogen-bond acceptors (Lipinski definition) is 4. The van der Waals surface area contributed by atoms with Crippen LogP contribution in [0.4, 0.5) is 11.4 Å². The van der Waals surface area contributed by atoms with E-state index in [1.807, 2.05) is 42.6 Å². The van der Waals surface area contributed by atoms with Crippen molar-refractivity contribution in [3.05, 3.63) is 82.0 Å². The predicted octanol–water partition coefficient (Wildman–Crippen LogP) is 4.62. The van der Waals surface area contributed by atoms with Crippen LogP contribution in [0, 0.1) is 0 Å². The smallest absolute Gasteiger partial charge is 0.265 e. The van der Waals surface area contributed by atoms with E-state index in [0.29, 0.717) is 34.9 Å². The summed E-state index contributed by atoms with van der Waals surface area (Å²) in [6, 6.07) is 17.7. The van der Waals surface area contributed by atoms with Crippen LogP contribution in [0.2, 0.25) is 0 Å². The fourth-order valence-corrected chi connectivity index (χ4v) is 3.55. The zero-order valence-electron chi connectivity index (χ0n) is 16.8. The number of carbonyl (C=O) groups is 3. The minimum absolute atomic E-state index is 0.0150. The summed E-state index contributed by atoms with van der Waals surface area (Å²) in [5.41, 5.74) is 2.61. The lowest BCUT2D eigenvalue weighted by Gasteiger charge is -2.21. The van der Waals surface area contributed by atoms with Crippen LogP contribution in [-0.4, -0.2) is 29.2 Å². The fraction of sp³-hybridized carbons (Fsp3) is 0.174. The number of amides is 3. The van der Waals surface area contributed by atoms with Gasteiger partial charge in [-0.05, 0) is 54.3 Å². The lowest BCUT2D eigenvalue weighted by Crippen LogP contribution is -2.28. The largest absolute Gasteiger partial charge is 0.339 e. The molecule has 0 radical (unpaired) electrons. The molecule has 0 spiro atoms. The van der Waals surface area contributed by atoms with E-state index in [1.165, 1.54) is 18.3 Å². The van der Waals surface area contributed by atoms with Gasteiger partial charge in [0.15, 0.2) is 0 Å². The molecular weight excluding hydrogens is 398 g/mol. The minimum atomic E-state index is -0.260. The molecule has 0 saturated heterocycles. The first-order valence-electron chi connectivity index (χ1n) is 9.57. The summed E-state index contributed by atoms with van der Waals surface area (Å²) in [4.78, 5) is 38.9. The van der Waals surface area contributed by atoms with E-state index in [0.717, 1.165) is 5.56 Å². The summed E-state index contributed by atoms with van der Waals surface area (Å²) in [5.74, 6) is -0.453. The zero-order valence-corrected chi connectivity index (χ0v) is 17.7. The molecule has 3 amide bonds. The first kappa shape index (κ1) is 21.3. The molecule has 2 aromatic carbocycles. The molecule has 0 unspecified atom stereocenters. The average Bonchev–Trinajstić information content (AvgIpc) is 3.28. The molecular formula is C23H23N3O3S. The average molecular weight is 422 g/mol. The van der Waals surface area contributed by atoms with E-state index in [1.54, 1.807) is 35.2 Å². The Kier molecular flexibility index (Phi) is 6.98. The minimum Gasteiger partial charge on any atom is -0.339 e. The Bertz CT molecular complexity index is 1030. The van der Waals surface area contributed by atoms with Gasteiger partial charge in [0.05, 0.1) is 4.88 Å². The van der Waals surface area contributed by atoms with Crippen LogP contribution in [0.25, 0.3) is 0 Å². The Morgan fingerprint density at radius 1 is 0.900 bits per heavy atom. The number of hydrogen-bond donors (Lipinski definition) is 2. The van der Waals surface area contributed by atoms with Crippen molar-refractivity contribution in [2.75, 3.05) is 17.2 Å². The van der Waals surface area contributed by atoms with Crippen molar-refractivity contribution in [3.63, 3.8) is 0 Å². The third kappa shape index (κ3) is 5.33. The van der Waals surface area contributed by atoms with Crippen molar-refractivity contribution in [1.82, 2.24) is 4.90 Å². The van der Waals surface area contributed by atoms with E-state index in [4.69, 9.17) is 0 Å². The van der Waals surface area contributed by atoms with Crippen LogP contribution in [0.3, 0.4) is 0 Å². The molecule has 0 aliphatic carbocycles. The number of nitrogens with zero attached hydrogens (tertiary/aromatic N) is 1. The van der Waals surface area contributed by atoms with Gasteiger partial charge in [0, 0.05) is 37.0 Å². The molecule has 0 saturated carbocycles. The molecule has 7 heteroatoms. The maximum absolute atomic E-state index is 12.7. The molecule has 0 aliphatic rings. The van der Waals surface area contributed by atoms with Crippen LogP contribution in [0.5, 0.6) is 0 Å². The van der Waals surface area contributed by atoms with Crippen molar-refractivity contribution in [2.45, 2.75) is 20.4 Å². The lowest BCUT2D eigenvalue weighted by atomic mass is 10.1. The van der Waals surface area contributed by atoms with Crippen LogP contribution in [0.1, 0.15) is 39.4 Å². The number of rotatable bonds is 7. The van der Waals surface area contributed by atoms with Gasteiger partial charge in [-0.3, -0.25) is 14.4 Å². The van der Waals surface area contributed by atoms with Crippen molar-refractivity contribution >= 4 is 40.4 Å². The summed E-state index contributed by atoms with van der Waals surface area (Å²) >= 11 is 1.37. The first-order chi connectivity index (χ1) is 14.5. The molecule has 1 heterocycles. The Morgan fingerprint density at radius 2 is 1.63 bits per heavy atom. The standard InChI is InChI=1S/C23H23N3O3S/c1-3-26(16(2)27)15-18-7-4-5-8-20(18)25-22(28)17-10-12-19(13-11-17)24-23(29)21-9-6-14-30-21/h4-14H,3,15H2,1-2H3,(H,24,29)(H,25,28). The maximum Gasteiger partial charge on any atom is 0.265 e. The second-order valence-corrected chi connectivity index (χ2v) is 7.60. The van der Waals surface area contributed by atoms with Gasteiger partial charge < -0.3 is 15.5 Å². The number of benzene rings is 2. The monoisotopic (exact) mass is 421 g/mol. The van der Waals surface area contributed by atoms with Gasteiger partial charge in [-0.2, -0.15) is 0 Å². The summed E-state index contributed by atoms with van der Waals surface area (Å²) in [5, 5.41) is 7.57. The molecule has 0 aliphatic heterocycles. The van der Waals surface area contributed by atoms with E-state index < -0.39 is 0 Å². The topological polar surface area (TPSA) is 78.5 Å². The number of para-hydroxylation sites is 1. The summed E-state index contributed by atoms with van der Waals surface area (Å²) in [7, 11) is 0. The number of carbonyl (C=O) groups excluding carboxylic acids is 3. The molecule has 3 rings (SSSR count). The second kappa shape index (κ2) is 9.84. The van der Waals surface area contributed by atoms with Crippen LogP contribution >= 0.6 is 11.3 Å². The van der Waals surface area contributed by atoms with Crippen molar-refractivity contribution in [3.8, 4) is 0 Å².